The Labute approximate surface area is 152 Å². The van der Waals surface area contributed by atoms with Gasteiger partial charge in [0, 0.05) is 5.71 Å². The van der Waals surface area contributed by atoms with E-state index in [1.165, 1.54) is 44.9 Å². The Morgan fingerprint density at radius 1 is 1.20 bits per heavy atom. The lowest BCUT2D eigenvalue weighted by molar-refractivity contribution is -0.0108. The van der Waals surface area contributed by atoms with Crippen molar-refractivity contribution in [1.29, 1.82) is 5.41 Å². The average Bonchev–Trinajstić information content (AvgIpc) is 3.48. The molecule has 6 aliphatic rings. The maximum atomic E-state index is 8.16. The van der Waals surface area contributed by atoms with Crippen LogP contribution in [-0.2, 0) is 0 Å². The highest BCUT2D eigenvalue weighted by Crippen LogP contribution is 2.79. The fraction of sp³-hybridized carbons (Fsp3) is 0.792. The first-order valence-corrected chi connectivity index (χ1v) is 11.1. The van der Waals surface area contributed by atoms with Crippen molar-refractivity contribution < 1.29 is 0 Å². The van der Waals surface area contributed by atoms with Crippen LogP contribution in [0.1, 0.15) is 58.3 Å². The predicted molar refractivity (Wildman–Crippen MR) is 102 cm³/mol. The molecule has 6 rings (SSSR count). The number of hydrogen-bond donors (Lipinski definition) is 1. The summed E-state index contributed by atoms with van der Waals surface area (Å²) in [5, 5.41) is 8.16. The first-order valence-electron chi connectivity index (χ1n) is 11.1. The highest BCUT2D eigenvalue weighted by molar-refractivity contribution is 5.94. The van der Waals surface area contributed by atoms with Crippen LogP contribution in [0.4, 0.5) is 0 Å². The molecule has 0 saturated heterocycles. The molecule has 0 radical (unpaired) electrons. The van der Waals surface area contributed by atoms with Gasteiger partial charge in [0.1, 0.15) is 0 Å². The van der Waals surface area contributed by atoms with Crippen molar-refractivity contribution in [3.63, 3.8) is 0 Å². The van der Waals surface area contributed by atoms with Crippen LogP contribution >= 0.6 is 0 Å². The zero-order chi connectivity index (χ0) is 16.9. The third kappa shape index (κ3) is 1.88. The number of fused-ring (bicyclic) bond motifs is 6. The fourth-order valence-corrected chi connectivity index (χ4v) is 8.71. The number of rotatable bonds is 3. The zero-order valence-electron chi connectivity index (χ0n) is 15.7. The summed E-state index contributed by atoms with van der Waals surface area (Å²) in [6.45, 7) is 6.65. The molecule has 0 aromatic carbocycles. The van der Waals surface area contributed by atoms with Gasteiger partial charge in [-0.05, 0) is 116 Å². The maximum absolute atomic E-state index is 8.16. The Hall–Kier alpha value is -0.850. The molecular weight excluding hydrogens is 302 g/mol. The zero-order valence-corrected chi connectivity index (χ0v) is 15.7. The molecule has 9 unspecified atom stereocenters. The second kappa shape index (κ2) is 4.90. The topological polar surface area (TPSA) is 23.9 Å². The van der Waals surface area contributed by atoms with Crippen LogP contribution in [0, 0.1) is 64.1 Å². The third-order valence-corrected chi connectivity index (χ3v) is 9.80. The lowest BCUT2D eigenvalue weighted by Crippen LogP contribution is -2.46. The molecule has 9 atom stereocenters. The first kappa shape index (κ1) is 15.2. The molecule has 1 N–H and O–H groups in total. The highest BCUT2D eigenvalue weighted by Gasteiger charge is 2.73. The van der Waals surface area contributed by atoms with E-state index in [4.69, 9.17) is 5.41 Å². The standard InChI is InChI=1S/C24H33N/c1-3-4-21-13(2)24(21)10-9-17-16-8-7-15(25)11-18(16)19-12-20(19)22(17)23(24)14-5-6-14/h3,11,13-14,16-17,19-23,25H,1,4-10,12H2,2H3. The molecule has 5 saturated carbocycles. The summed E-state index contributed by atoms with van der Waals surface area (Å²) in [6.07, 6.45) is 15.7. The summed E-state index contributed by atoms with van der Waals surface area (Å²) in [7, 11) is 0. The molecule has 25 heavy (non-hydrogen) atoms. The average molecular weight is 336 g/mol. The van der Waals surface area contributed by atoms with Crippen molar-refractivity contribution in [1.82, 2.24) is 0 Å². The number of allylic oxidation sites excluding steroid dienone is 3. The first-order chi connectivity index (χ1) is 12.2. The van der Waals surface area contributed by atoms with E-state index < -0.39 is 0 Å². The Morgan fingerprint density at radius 2 is 2.04 bits per heavy atom. The Kier molecular flexibility index (Phi) is 2.98. The van der Waals surface area contributed by atoms with E-state index in [1.807, 2.05) is 0 Å². The van der Waals surface area contributed by atoms with Crippen LogP contribution in [0.25, 0.3) is 0 Å². The van der Waals surface area contributed by atoms with E-state index >= 15 is 0 Å². The molecule has 1 nitrogen and oxygen atoms in total. The molecule has 134 valence electrons. The van der Waals surface area contributed by atoms with Gasteiger partial charge in [-0.15, -0.1) is 6.58 Å². The molecule has 1 heteroatoms. The van der Waals surface area contributed by atoms with Crippen molar-refractivity contribution in [2.45, 2.75) is 58.3 Å². The lowest BCUT2D eigenvalue weighted by atomic mass is 9.52. The molecule has 0 aromatic rings. The van der Waals surface area contributed by atoms with E-state index in [0.29, 0.717) is 5.41 Å². The largest absolute Gasteiger partial charge is 0.305 e. The van der Waals surface area contributed by atoms with E-state index in [-0.39, 0.29) is 0 Å². The van der Waals surface area contributed by atoms with E-state index in [9.17, 15) is 0 Å². The summed E-state index contributed by atoms with van der Waals surface area (Å²) in [4.78, 5) is 0. The van der Waals surface area contributed by atoms with Crippen LogP contribution < -0.4 is 0 Å². The molecule has 5 fully saturated rings. The fourth-order valence-electron chi connectivity index (χ4n) is 8.71. The minimum absolute atomic E-state index is 0.701. The van der Waals surface area contributed by atoms with Gasteiger partial charge in [0.25, 0.3) is 0 Å². The molecule has 1 spiro atoms. The summed E-state index contributed by atoms with van der Waals surface area (Å²) in [5.74, 6) is 8.76. The van der Waals surface area contributed by atoms with Crippen LogP contribution in [0.15, 0.2) is 24.3 Å². The molecule has 0 aromatic heterocycles. The molecule has 6 aliphatic carbocycles. The normalized spacial score (nSPS) is 55.7. The highest BCUT2D eigenvalue weighted by atomic mass is 14.8. The third-order valence-electron chi connectivity index (χ3n) is 9.80. The van der Waals surface area contributed by atoms with Crippen molar-refractivity contribution in [2.24, 2.45) is 58.7 Å². The van der Waals surface area contributed by atoms with Crippen LogP contribution in [0.2, 0.25) is 0 Å². The van der Waals surface area contributed by atoms with Gasteiger partial charge >= 0.3 is 0 Å². The quantitative estimate of drug-likeness (QED) is 0.623. The molecular formula is C24H33N. The Balaban J connectivity index is 1.38. The van der Waals surface area contributed by atoms with Crippen molar-refractivity contribution in [3.8, 4) is 0 Å². The second-order valence-electron chi connectivity index (χ2n) is 10.5. The van der Waals surface area contributed by atoms with Gasteiger partial charge < -0.3 is 5.41 Å². The lowest BCUT2D eigenvalue weighted by Gasteiger charge is -2.52. The Bertz CT molecular complexity index is 670. The second-order valence-corrected chi connectivity index (χ2v) is 10.5. The van der Waals surface area contributed by atoms with E-state index in [0.717, 1.165) is 65.4 Å². The van der Waals surface area contributed by atoms with E-state index in [1.54, 1.807) is 5.57 Å². The summed E-state index contributed by atoms with van der Waals surface area (Å²) in [5.41, 5.74) is 3.36. The van der Waals surface area contributed by atoms with Crippen molar-refractivity contribution in [2.75, 3.05) is 0 Å². The van der Waals surface area contributed by atoms with Gasteiger partial charge in [-0.3, -0.25) is 0 Å². The minimum atomic E-state index is 0.701. The van der Waals surface area contributed by atoms with Gasteiger partial charge in [0.05, 0.1) is 0 Å². The molecule has 0 amide bonds. The van der Waals surface area contributed by atoms with Gasteiger partial charge in [0.2, 0.25) is 0 Å². The SMILES string of the molecule is C=CCC1C(C)C12CCC1C3CCC(=N)C=C3C3CC3C1C2C1CC1. The monoisotopic (exact) mass is 335 g/mol. The van der Waals surface area contributed by atoms with E-state index in [2.05, 4.69) is 25.7 Å². The van der Waals surface area contributed by atoms with Crippen LogP contribution in [0.5, 0.6) is 0 Å². The van der Waals surface area contributed by atoms with Crippen LogP contribution in [0.3, 0.4) is 0 Å². The van der Waals surface area contributed by atoms with Crippen molar-refractivity contribution in [3.05, 3.63) is 24.3 Å². The summed E-state index contributed by atoms with van der Waals surface area (Å²) in [6, 6.07) is 0. The van der Waals surface area contributed by atoms with Crippen LogP contribution in [-0.4, -0.2) is 5.71 Å². The van der Waals surface area contributed by atoms with Gasteiger partial charge in [-0.2, -0.15) is 0 Å². The summed E-state index contributed by atoms with van der Waals surface area (Å²) >= 11 is 0. The molecule has 0 heterocycles. The molecule has 0 aliphatic heterocycles. The summed E-state index contributed by atoms with van der Waals surface area (Å²) < 4.78 is 0. The molecule has 0 bridgehead atoms. The van der Waals surface area contributed by atoms with Gasteiger partial charge in [0.15, 0.2) is 0 Å². The van der Waals surface area contributed by atoms with Crippen molar-refractivity contribution >= 4 is 5.71 Å². The van der Waals surface area contributed by atoms with Gasteiger partial charge in [-0.25, -0.2) is 0 Å². The Morgan fingerprint density at radius 3 is 2.80 bits per heavy atom. The number of hydrogen-bond acceptors (Lipinski definition) is 1. The predicted octanol–water partition coefficient (Wildman–Crippen LogP) is 5.87. The smallest absolute Gasteiger partial charge is 0.0313 e. The number of nitrogens with one attached hydrogen (secondary N) is 1. The maximum Gasteiger partial charge on any atom is 0.0313 e. The van der Waals surface area contributed by atoms with Gasteiger partial charge in [-0.1, -0.05) is 18.6 Å². The minimum Gasteiger partial charge on any atom is -0.305 e.